The number of nitrogens with one attached hydrogen (secondary N) is 2. The largest absolute Gasteiger partial charge is 0.489 e. The van der Waals surface area contributed by atoms with Gasteiger partial charge in [0.05, 0.1) is 5.56 Å². The van der Waals surface area contributed by atoms with Gasteiger partial charge < -0.3 is 15.4 Å². The molecule has 0 bridgehead atoms. The maximum atomic E-state index is 12.6. The molecule has 144 valence electrons. The van der Waals surface area contributed by atoms with Crippen molar-refractivity contribution in [2.24, 2.45) is 0 Å². The van der Waals surface area contributed by atoms with Crippen LogP contribution in [-0.4, -0.2) is 6.03 Å². The minimum Gasteiger partial charge on any atom is -0.489 e. The zero-order chi connectivity index (χ0) is 20.0. The molecule has 0 atom stereocenters. The van der Waals surface area contributed by atoms with Crippen LogP contribution in [0.4, 0.5) is 29.3 Å². The number of alkyl halides is 3. The minimum atomic E-state index is -4.42. The van der Waals surface area contributed by atoms with Gasteiger partial charge in [-0.1, -0.05) is 36.4 Å². The van der Waals surface area contributed by atoms with E-state index in [1.54, 1.807) is 24.3 Å². The van der Waals surface area contributed by atoms with Gasteiger partial charge in [0, 0.05) is 17.4 Å². The van der Waals surface area contributed by atoms with Crippen LogP contribution in [0.2, 0.25) is 0 Å². The number of rotatable bonds is 5. The van der Waals surface area contributed by atoms with E-state index in [9.17, 15) is 18.0 Å². The van der Waals surface area contributed by atoms with Gasteiger partial charge in [0.2, 0.25) is 0 Å². The molecule has 0 aliphatic carbocycles. The van der Waals surface area contributed by atoms with Crippen molar-refractivity contribution in [1.29, 1.82) is 0 Å². The maximum Gasteiger partial charge on any atom is 0.416 e. The van der Waals surface area contributed by atoms with Crippen LogP contribution in [0.3, 0.4) is 0 Å². The summed E-state index contributed by atoms with van der Waals surface area (Å²) in [6, 6.07) is 20.1. The van der Waals surface area contributed by atoms with Gasteiger partial charge in [-0.05, 0) is 42.0 Å². The quantitative estimate of drug-likeness (QED) is 0.571. The number of halogens is 3. The Balaban J connectivity index is 1.56. The molecule has 7 heteroatoms. The summed E-state index contributed by atoms with van der Waals surface area (Å²) >= 11 is 0. The van der Waals surface area contributed by atoms with Gasteiger partial charge in [0.15, 0.2) is 0 Å². The minimum absolute atomic E-state index is 0.252. The number of urea groups is 1. The molecule has 0 radical (unpaired) electrons. The van der Waals surface area contributed by atoms with E-state index >= 15 is 0 Å². The summed E-state index contributed by atoms with van der Waals surface area (Å²) in [7, 11) is 0. The first-order valence-corrected chi connectivity index (χ1v) is 8.42. The Hall–Kier alpha value is -3.48. The maximum absolute atomic E-state index is 12.6. The second-order valence-corrected chi connectivity index (χ2v) is 5.96. The van der Waals surface area contributed by atoms with E-state index in [4.69, 9.17) is 4.74 Å². The number of hydrogen-bond acceptors (Lipinski definition) is 2. The first-order chi connectivity index (χ1) is 13.4. The zero-order valence-corrected chi connectivity index (χ0v) is 14.7. The van der Waals surface area contributed by atoms with Crippen molar-refractivity contribution >= 4 is 17.4 Å². The van der Waals surface area contributed by atoms with Crippen molar-refractivity contribution < 1.29 is 22.7 Å². The van der Waals surface area contributed by atoms with E-state index in [0.717, 1.165) is 17.7 Å². The van der Waals surface area contributed by atoms with E-state index in [-0.39, 0.29) is 5.69 Å². The number of anilines is 2. The van der Waals surface area contributed by atoms with E-state index in [1.807, 2.05) is 30.3 Å². The fourth-order valence-electron chi connectivity index (χ4n) is 2.44. The van der Waals surface area contributed by atoms with E-state index < -0.39 is 17.8 Å². The van der Waals surface area contributed by atoms with Crippen LogP contribution in [0.15, 0.2) is 78.9 Å². The molecule has 0 saturated carbocycles. The molecule has 3 aromatic rings. The second kappa shape index (κ2) is 8.47. The fraction of sp³-hybridized carbons (Fsp3) is 0.0952. The molecule has 0 aliphatic rings. The van der Waals surface area contributed by atoms with Crippen LogP contribution in [0.25, 0.3) is 0 Å². The fourth-order valence-corrected chi connectivity index (χ4v) is 2.44. The molecule has 4 nitrogen and oxygen atoms in total. The SMILES string of the molecule is O=C(Nc1ccc(C(F)(F)F)cc1)Nc1cccc(OCc2ccccc2)c1. The standard InChI is InChI=1S/C21H17F3N2O2/c22-21(23,24)16-9-11-17(12-10-16)25-20(27)26-18-7-4-8-19(13-18)28-14-15-5-2-1-3-6-15/h1-13H,14H2,(H2,25,26,27). The normalized spacial score (nSPS) is 11.0. The van der Waals surface area contributed by atoms with Crippen LogP contribution in [0.5, 0.6) is 5.75 Å². The average Bonchev–Trinajstić information content (AvgIpc) is 2.67. The number of benzene rings is 3. The third-order valence-electron chi connectivity index (χ3n) is 3.81. The van der Waals surface area contributed by atoms with Crippen LogP contribution in [-0.2, 0) is 12.8 Å². The Labute approximate surface area is 160 Å². The highest BCUT2D eigenvalue weighted by Gasteiger charge is 2.29. The first kappa shape index (κ1) is 19.3. The van der Waals surface area contributed by atoms with Gasteiger partial charge in [-0.2, -0.15) is 13.2 Å². The highest BCUT2D eigenvalue weighted by Crippen LogP contribution is 2.29. The van der Waals surface area contributed by atoms with Crippen molar-refractivity contribution in [2.75, 3.05) is 10.6 Å². The Morgan fingerprint density at radius 2 is 1.50 bits per heavy atom. The first-order valence-electron chi connectivity index (χ1n) is 8.42. The lowest BCUT2D eigenvalue weighted by molar-refractivity contribution is -0.137. The van der Waals surface area contributed by atoms with Gasteiger partial charge in [-0.15, -0.1) is 0 Å². The number of hydrogen-bond donors (Lipinski definition) is 2. The van der Waals surface area contributed by atoms with Crippen molar-refractivity contribution in [2.45, 2.75) is 12.8 Å². The average molecular weight is 386 g/mol. The van der Waals surface area contributed by atoms with Crippen LogP contribution < -0.4 is 15.4 Å². The van der Waals surface area contributed by atoms with Crippen molar-refractivity contribution in [3.05, 3.63) is 90.0 Å². The molecule has 0 fully saturated rings. The van der Waals surface area contributed by atoms with Gasteiger partial charge in [0.25, 0.3) is 0 Å². The summed E-state index contributed by atoms with van der Waals surface area (Å²) in [6.07, 6.45) is -4.42. The van der Waals surface area contributed by atoms with E-state index in [0.29, 0.717) is 18.0 Å². The smallest absolute Gasteiger partial charge is 0.416 e. The summed E-state index contributed by atoms with van der Waals surface area (Å²) < 4.78 is 43.4. The van der Waals surface area contributed by atoms with E-state index in [2.05, 4.69) is 10.6 Å². The number of ether oxygens (including phenoxy) is 1. The molecular weight excluding hydrogens is 369 g/mol. The Kier molecular flexibility index (Phi) is 5.84. The number of carbonyl (C=O) groups excluding carboxylic acids is 1. The van der Waals surface area contributed by atoms with Crippen molar-refractivity contribution in [1.82, 2.24) is 0 Å². The molecule has 2 amide bonds. The summed E-state index contributed by atoms with van der Waals surface area (Å²) in [5.74, 6) is 0.580. The monoisotopic (exact) mass is 386 g/mol. The number of amides is 2. The Morgan fingerprint density at radius 3 is 2.18 bits per heavy atom. The third-order valence-corrected chi connectivity index (χ3v) is 3.81. The molecule has 0 heterocycles. The highest BCUT2D eigenvalue weighted by atomic mass is 19.4. The summed E-state index contributed by atoms with van der Waals surface area (Å²) in [5.41, 5.74) is 0.986. The van der Waals surface area contributed by atoms with Gasteiger partial charge in [0.1, 0.15) is 12.4 Å². The molecule has 0 saturated heterocycles. The predicted octanol–water partition coefficient (Wildman–Crippen LogP) is 5.93. The molecular formula is C21H17F3N2O2. The lowest BCUT2D eigenvalue weighted by Gasteiger charge is -2.11. The molecule has 0 aromatic heterocycles. The van der Waals surface area contributed by atoms with Gasteiger partial charge in [-0.3, -0.25) is 0 Å². The van der Waals surface area contributed by atoms with Crippen LogP contribution in [0.1, 0.15) is 11.1 Å². The molecule has 28 heavy (non-hydrogen) atoms. The van der Waals surface area contributed by atoms with Gasteiger partial charge >= 0.3 is 12.2 Å². The molecule has 0 unspecified atom stereocenters. The zero-order valence-electron chi connectivity index (χ0n) is 14.7. The predicted molar refractivity (Wildman–Crippen MR) is 101 cm³/mol. The molecule has 2 N–H and O–H groups in total. The Bertz CT molecular complexity index is 926. The lowest BCUT2D eigenvalue weighted by atomic mass is 10.2. The van der Waals surface area contributed by atoms with Crippen LogP contribution in [0, 0.1) is 0 Å². The third kappa shape index (κ3) is 5.51. The second-order valence-electron chi connectivity index (χ2n) is 5.96. The van der Waals surface area contributed by atoms with E-state index in [1.165, 1.54) is 12.1 Å². The molecule has 0 aliphatic heterocycles. The van der Waals surface area contributed by atoms with Crippen molar-refractivity contribution in [3.63, 3.8) is 0 Å². The number of carbonyl (C=O) groups is 1. The summed E-state index contributed by atoms with van der Waals surface area (Å²) in [4.78, 5) is 12.1. The molecule has 3 rings (SSSR count). The highest BCUT2D eigenvalue weighted by molar-refractivity contribution is 5.99. The molecule has 3 aromatic carbocycles. The lowest BCUT2D eigenvalue weighted by Crippen LogP contribution is -2.19. The summed E-state index contributed by atoms with van der Waals surface area (Å²) in [5, 5.41) is 5.11. The molecule has 0 spiro atoms. The Morgan fingerprint density at radius 1 is 0.821 bits per heavy atom. The van der Waals surface area contributed by atoms with Gasteiger partial charge in [-0.25, -0.2) is 4.79 Å². The van der Waals surface area contributed by atoms with Crippen LogP contribution >= 0.6 is 0 Å². The van der Waals surface area contributed by atoms with Crippen molar-refractivity contribution in [3.8, 4) is 5.75 Å². The topological polar surface area (TPSA) is 50.4 Å². The summed E-state index contributed by atoms with van der Waals surface area (Å²) in [6.45, 7) is 0.391.